The first-order valence-corrected chi connectivity index (χ1v) is 20.6. The van der Waals surface area contributed by atoms with Gasteiger partial charge in [0.25, 0.3) is 10.0 Å². The van der Waals surface area contributed by atoms with Gasteiger partial charge >= 0.3 is 11.9 Å². The molecule has 0 bridgehead atoms. The van der Waals surface area contributed by atoms with Crippen LogP contribution in [0.5, 0.6) is 0 Å². The summed E-state index contributed by atoms with van der Waals surface area (Å²) < 4.78 is 68.7. The zero-order valence-electron chi connectivity index (χ0n) is 29.8. The molecule has 20 nitrogen and oxygen atoms in total. The second-order valence-corrected chi connectivity index (χ2v) is 17.4. The van der Waals surface area contributed by atoms with Crippen LogP contribution in [-0.2, 0) is 43.9 Å². The molecule has 11 N–H and O–H groups in total. The van der Waals surface area contributed by atoms with Crippen LogP contribution in [0, 0.1) is 11.8 Å². The molecule has 5 unspecified atom stereocenters. The van der Waals surface area contributed by atoms with Crippen molar-refractivity contribution in [1.29, 1.82) is 0 Å². The Morgan fingerprint density at radius 1 is 0.860 bits per heavy atom. The Labute approximate surface area is 335 Å². The molecule has 2 aliphatic heterocycles. The third-order valence-corrected chi connectivity index (χ3v) is 12.9. The van der Waals surface area contributed by atoms with Gasteiger partial charge in [0.15, 0.2) is 23.6 Å². The van der Waals surface area contributed by atoms with Crippen LogP contribution in [-0.4, -0.2) is 86.7 Å². The number of nitrogens with one attached hydrogen (secondary N) is 2. The normalized spacial score (nSPS) is 22.8. The summed E-state index contributed by atoms with van der Waals surface area (Å²) in [5, 5.41) is 12.1. The van der Waals surface area contributed by atoms with Crippen LogP contribution >= 0.6 is 23.2 Å². The summed E-state index contributed by atoms with van der Waals surface area (Å²) in [7, 11) is -9.11. The highest BCUT2D eigenvalue weighted by Gasteiger charge is 2.52. The molecule has 0 amide bonds. The molecular formula is C33H36Cl2N10O10S2. The molecule has 2 saturated heterocycles. The van der Waals surface area contributed by atoms with E-state index in [1.165, 1.54) is 48.8 Å². The van der Waals surface area contributed by atoms with Crippen molar-refractivity contribution in [1.82, 2.24) is 19.6 Å². The van der Waals surface area contributed by atoms with Crippen LogP contribution in [0.25, 0.3) is 21.5 Å². The smallest absolute Gasteiger partial charge is 0.329 e. The lowest BCUT2D eigenvalue weighted by molar-refractivity contribution is -0.179. The van der Waals surface area contributed by atoms with E-state index < -0.39 is 68.0 Å². The number of guanidine groups is 2. The molecule has 2 fully saturated rings. The number of carbonyl (C=O) groups excluding carboxylic acids is 1. The number of hydrogen-bond donors (Lipinski definition) is 7. The second kappa shape index (κ2) is 16.1. The fourth-order valence-electron chi connectivity index (χ4n) is 6.95. The Morgan fingerprint density at radius 3 is 1.93 bits per heavy atom. The quantitative estimate of drug-likeness (QED) is 0.0640. The van der Waals surface area contributed by atoms with E-state index in [4.69, 9.17) is 60.4 Å². The predicted octanol–water partition coefficient (Wildman–Crippen LogP) is 1.66. The molecule has 0 saturated carbocycles. The van der Waals surface area contributed by atoms with E-state index in [2.05, 4.69) is 24.7 Å². The minimum absolute atomic E-state index is 0.00820. The van der Waals surface area contributed by atoms with Crippen LogP contribution in [0.2, 0.25) is 10.0 Å². The molecule has 2 aromatic carbocycles. The summed E-state index contributed by atoms with van der Waals surface area (Å²) in [4.78, 5) is 48.9. The number of fused-ring (bicyclic) bond motifs is 2. The molecule has 5 atom stereocenters. The van der Waals surface area contributed by atoms with Gasteiger partial charge in [-0.05, 0) is 42.5 Å². The van der Waals surface area contributed by atoms with Crippen LogP contribution in [0.1, 0.15) is 26.2 Å². The van der Waals surface area contributed by atoms with Crippen molar-refractivity contribution in [2.45, 2.75) is 53.7 Å². The van der Waals surface area contributed by atoms with Gasteiger partial charge in [-0.15, -0.1) is 0 Å². The molecular weight excluding hydrogens is 831 g/mol. The van der Waals surface area contributed by atoms with Crippen molar-refractivity contribution >= 4 is 100 Å². The summed E-state index contributed by atoms with van der Waals surface area (Å²) in [6.07, 6.45) is 0.0737. The Bertz CT molecular complexity index is 2560. The van der Waals surface area contributed by atoms with Crippen molar-refractivity contribution in [3.63, 3.8) is 0 Å². The fourth-order valence-corrected chi connectivity index (χ4v) is 9.62. The fraction of sp³-hybridized carbons (Fsp3) is 0.333. The minimum atomic E-state index is -4.59. The van der Waals surface area contributed by atoms with E-state index in [1.807, 2.05) is 4.89 Å². The number of carboxylic acid groups (broad SMARTS) is 1. The zero-order chi connectivity index (χ0) is 41.4. The van der Waals surface area contributed by atoms with Gasteiger partial charge in [0.2, 0.25) is 10.0 Å². The van der Waals surface area contributed by atoms with Gasteiger partial charge < -0.3 is 42.4 Å². The topological polar surface area (TPSA) is 329 Å². The zero-order valence-corrected chi connectivity index (χ0v) is 32.9. The average Bonchev–Trinajstić information content (AvgIpc) is 3.15. The highest BCUT2D eigenvalue weighted by atomic mass is 35.5. The highest BCUT2D eigenvalue weighted by molar-refractivity contribution is 7.89. The van der Waals surface area contributed by atoms with E-state index >= 15 is 0 Å². The van der Waals surface area contributed by atoms with E-state index in [9.17, 15) is 31.5 Å². The third-order valence-electron chi connectivity index (χ3n) is 9.62. The summed E-state index contributed by atoms with van der Waals surface area (Å²) in [6.45, 7) is 1.47. The molecule has 0 spiro atoms. The number of aliphatic carboxylic acids is 1. The van der Waals surface area contributed by atoms with Crippen molar-refractivity contribution in [2.75, 3.05) is 13.2 Å². The number of benzene rings is 2. The van der Waals surface area contributed by atoms with Gasteiger partial charge in [0, 0.05) is 65.9 Å². The number of nitrogens with two attached hydrogens (primary N) is 4. The van der Waals surface area contributed by atoms with Crippen LogP contribution < -0.4 is 32.5 Å². The monoisotopic (exact) mass is 866 g/mol. The van der Waals surface area contributed by atoms with Gasteiger partial charge in [-0.25, -0.2) is 31.6 Å². The lowest BCUT2D eigenvalue weighted by Crippen LogP contribution is -2.61. The Morgan fingerprint density at radius 2 is 1.40 bits per heavy atom. The maximum Gasteiger partial charge on any atom is 0.329 e. The van der Waals surface area contributed by atoms with Crippen molar-refractivity contribution in [2.24, 2.45) is 44.8 Å². The largest absolute Gasteiger partial charge is 0.480 e. The van der Waals surface area contributed by atoms with E-state index in [0.717, 1.165) is 0 Å². The predicted molar refractivity (Wildman–Crippen MR) is 208 cm³/mol. The number of ether oxygens (including phenoxy) is 2. The average molecular weight is 868 g/mol. The third kappa shape index (κ3) is 8.67. The number of pyridine rings is 2. The van der Waals surface area contributed by atoms with Crippen LogP contribution in [0.3, 0.4) is 0 Å². The van der Waals surface area contributed by atoms with Crippen molar-refractivity contribution < 1.29 is 45.8 Å². The van der Waals surface area contributed by atoms with Gasteiger partial charge in [-0.3, -0.25) is 4.79 Å². The number of carboxylic acids is 1. The van der Waals surface area contributed by atoms with E-state index in [-0.39, 0.29) is 80.2 Å². The molecule has 6 rings (SSSR count). The Hall–Kier alpha value is -4.94. The first-order valence-electron chi connectivity index (χ1n) is 16.9. The van der Waals surface area contributed by atoms with Crippen LogP contribution in [0.4, 0.5) is 11.6 Å². The number of rotatable bonds is 11. The highest BCUT2D eigenvalue weighted by Crippen LogP contribution is 2.40. The molecule has 304 valence electrons. The standard InChI is InChI=1S/C33H36Cl2N10O10S2/c1-15-26(20(6-8-53-15)29(46)55-45-57(51,52)17-3-5-19-22(11-17)28(43-32(38)39)41-14-24(19)35)25-12-33(30(47)48,7-9-54-25)44-56(49,50)16-2-4-18-21(10-16)27(42-31(36)37)40-13-23(18)34/h2-5,10-11,13-15,20,25-26,44-45H,6-9,12H2,1H3,(H,47,48)(H4,36,37,40,42)(H4,38,39,41,43). The number of sulfonamides is 2. The van der Waals surface area contributed by atoms with Crippen molar-refractivity contribution in [3.8, 4) is 0 Å². The number of hydrogen-bond acceptors (Lipinski definition) is 13. The second-order valence-electron chi connectivity index (χ2n) is 13.3. The summed E-state index contributed by atoms with van der Waals surface area (Å²) in [6, 6.07) is 7.67. The maximum atomic E-state index is 13.9. The molecule has 2 aliphatic rings. The molecule has 2 aromatic heterocycles. The van der Waals surface area contributed by atoms with E-state index in [0.29, 0.717) is 10.8 Å². The molecule has 4 heterocycles. The lowest BCUT2D eigenvalue weighted by atomic mass is 9.74. The maximum absolute atomic E-state index is 13.9. The molecule has 4 aromatic rings. The molecule has 0 aliphatic carbocycles. The first kappa shape index (κ1) is 41.7. The molecule has 57 heavy (non-hydrogen) atoms. The number of nitrogens with zero attached hydrogens (tertiary/aromatic N) is 4. The lowest BCUT2D eigenvalue weighted by Gasteiger charge is -2.45. The Kier molecular flexibility index (Phi) is 11.8. The summed E-state index contributed by atoms with van der Waals surface area (Å²) in [5.74, 6) is -5.21. The minimum Gasteiger partial charge on any atom is -0.480 e. The number of aromatic nitrogens is 2. The number of halogens is 2. The first-order chi connectivity index (χ1) is 26.8. The van der Waals surface area contributed by atoms with Gasteiger partial charge in [0.05, 0.1) is 38.0 Å². The SMILES string of the molecule is CC1OCCC(C(=O)ONS(=O)(=O)c2ccc3c(Cl)cnc(N=C(N)N)c3c2)C1C1CC(NS(=O)(=O)c2ccc3c(Cl)cnc(N=C(N)N)c3c2)(C(=O)O)CCO1. The van der Waals surface area contributed by atoms with Gasteiger partial charge in [0.1, 0.15) is 5.54 Å². The number of aliphatic imine (C=N–C) groups is 2. The Balaban J connectivity index is 1.24. The van der Waals surface area contributed by atoms with E-state index in [1.54, 1.807) is 6.92 Å². The summed E-state index contributed by atoms with van der Waals surface area (Å²) >= 11 is 12.5. The van der Waals surface area contributed by atoms with Gasteiger partial charge in [-0.2, -0.15) is 14.7 Å². The van der Waals surface area contributed by atoms with Crippen molar-refractivity contribution in [3.05, 3.63) is 58.8 Å². The molecule has 0 radical (unpaired) electrons. The van der Waals surface area contributed by atoms with Gasteiger partial charge in [-0.1, -0.05) is 35.3 Å². The number of carbonyl (C=O) groups is 2. The van der Waals surface area contributed by atoms with Crippen LogP contribution in [0.15, 0.2) is 68.6 Å². The summed E-state index contributed by atoms with van der Waals surface area (Å²) in [5.41, 5.74) is 19.9. The molecule has 24 heteroatoms.